The lowest BCUT2D eigenvalue weighted by molar-refractivity contribution is -0.384. The van der Waals surface area contributed by atoms with Gasteiger partial charge in [0.1, 0.15) is 5.69 Å². The Kier molecular flexibility index (Phi) is 4.24. The molecule has 0 unspecified atom stereocenters. The summed E-state index contributed by atoms with van der Waals surface area (Å²) in [5, 5.41) is 14.1. The van der Waals surface area contributed by atoms with Crippen LogP contribution in [0.1, 0.15) is 19.3 Å². The van der Waals surface area contributed by atoms with E-state index in [2.05, 4.69) is 10.0 Å². The molecule has 1 aliphatic carbocycles. The van der Waals surface area contributed by atoms with Gasteiger partial charge in [-0.25, -0.2) is 13.1 Å². The Morgan fingerprint density at radius 1 is 1.40 bits per heavy atom. The molecular weight excluding hydrogens is 282 g/mol. The molecule has 20 heavy (non-hydrogen) atoms. The Labute approximate surface area is 117 Å². The minimum atomic E-state index is -3.68. The van der Waals surface area contributed by atoms with Crippen molar-refractivity contribution in [3.05, 3.63) is 28.3 Å². The number of benzene rings is 1. The fourth-order valence-corrected chi connectivity index (χ4v) is 2.66. The lowest BCUT2D eigenvalue weighted by atomic mass is 10.2. The highest BCUT2D eigenvalue weighted by atomic mass is 32.2. The van der Waals surface area contributed by atoms with Crippen LogP contribution in [0, 0.1) is 16.0 Å². The van der Waals surface area contributed by atoms with Crippen LogP contribution in [0.3, 0.4) is 0 Å². The first kappa shape index (κ1) is 14.7. The second-order valence-corrected chi connectivity index (χ2v) is 6.69. The van der Waals surface area contributed by atoms with Gasteiger partial charge in [-0.2, -0.15) is 0 Å². The molecule has 110 valence electrons. The number of hydrogen-bond acceptors (Lipinski definition) is 5. The first-order valence-electron chi connectivity index (χ1n) is 6.40. The van der Waals surface area contributed by atoms with E-state index in [0.29, 0.717) is 12.2 Å². The van der Waals surface area contributed by atoms with E-state index in [0.717, 1.165) is 18.4 Å². The van der Waals surface area contributed by atoms with Crippen LogP contribution in [-0.2, 0) is 10.0 Å². The molecule has 0 amide bonds. The van der Waals surface area contributed by atoms with Gasteiger partial charge in [0.25, 0.3) is 5.69 Å². The molecule has 0 aromatic heterocycles. The standard InChI is InChI=1S/C12H17N3O4S/c1-13-20(18,19)10-4-5-11(12(8-10)15(16)17)14-7-6-9-2-3-9/h4-5,8-9,13-14H,2-3,6-7H2,1H3. The molecule has 7 nitrogen and oxygen atoms in total. The van der Waals surface area contributed by atoms with Crippen LogP contribution in [0.25, 0.3) is 0 Å². The van der Waals surface area contributed by atoms with Crippen molar-refractivity contribution in [3.8, 4) is 0 Å². The number of hydrogen-bond donors (Lipinski definition) is 2. The Morgan fingerprint density at radius 2 is 2.10 bits per heavy atom. The molecule has 0 bridgehead atoms. The number of nitrogens with one attached hydrogen (secondary N) is 2. The minimum absolute atomic E-state index is 0.112. The van der Waals surface area contributed by atoms with Gasteiger partial charge in [-0.1, -0.05) is 12.8 Å². The average molecular weight is 299 g/mol. The number of rotatable bonds is 7. The van der Waals surface area contributed by atoms with E-state index in [9.17, 15) is 18.5 Å². The van der Waals surface area contributed by atoms with Gasteiger partial charge in [0, 0.05) is 12.6 Å². The molecule has 1 fully saturated rings. The predicted octanol–water partition coefficient (Wildman–Crippen LogP) is 1.71. The van der Waals surface area contributed by atoms with Crippen molar-refractivity contribution in [3.63, 3.8) is 0 Å². The van der Waals surface area contributed by atoms with E-state index in [1.54, 1.807) is 0 Å². The van der Waals surface area contributed by atoms with Crippen LogP contribution in [0.2, 0.25) is 0 Å². The summed E-state index contributed by atoms with van der Waals surface area (Å²) >= 11 is 0. The first-order chi connectivity index (χ1) is 9.44. The summed E-state index contributed by atoms with van der Waals surface area (Å²) in [5.74, 6) is 0.727. The zero-order valence-corrected chi connectivity index (χ0v) is 11.9. The Morgan fingerprint density at radius 3 is 2.65 bits per heavy atom. The molecule has 2 rings (SSSR count). The highest BCUT2D eigenvalue weighted by Crippen LogP contribution is 2.33. The molecule has 0 saturated heterocycles. The normalized spacial score (nSPS) is 15.1. The Hall–Kier alpha value is -1.67. The topological polar surface area (TPSA) is 101 Å². The van der Waals surface area contributed by atoms with Crippen molar-refractivity contribution in [1.29, 1.82) is 0 Å². The molecule has 0 atom stereocenters. The summed E-state index contributed by atoms with van der Waals surface area (Å²) in [5.41, 5.74) is 0.128. The second kappa shape index (κ2) is 5.76. The zero-order valence-electron chi connectivity index (χ0n) is 11.1. The van der Waals surface area contributed by atoms with Crippen molar-refractivity contribution in [2.45, 2.75) is 24.2 Å². The zero-order chi connectivity index (χ0) is 14.8. The number of nitrogens with zero attached hydrogens (tertiary/aromatic N) is 1. The Balaban J connectivity index is 2.20. The van der Waals surface area contributed by atoms with E-state index >= 15 is 0 Å². The lowest BCUT2D eigenvalue weighted by Gasteiger charge is -2.08. The second-order valence-electron chi connectivity index (χ2n) is 4.80. The fraction of sp³-hybridized carbons (Fsp3) is 0.500. The summed E-state index contributed by atoms with van der Waals surface area (Å²) in [6.07, 6.45) is 3.43. The van der Waals surface area contributed by atoms with Gasteiger partial charge in [0.2, 0.25) is 10.0 Å². The van der Waals surface area contributed by atoms with Crippen molar-refractivity contribution < 1.29 is 13.3 Å². The Bertz CT molecular complexity index is 611. The van der Waals surface area contributed by atoms with Gasteiger partial charge in [0.15, 0.2) is 0 Å². The van der Waals surface area contributed by atoms with Crippen molar-refractivity contribution >= 4 is 21.4 Å². The SMILES string of the molecule is CNS(=O)(=O)c1ccc(NCCC2CC2)c([N+](=O)[O-])c1. The van der Waals surface area contributed by atoms with E-state index in [1.807, 2.05) is 0 Å². The number of anilines is 1. The van der Waals surface area contributed by atoms with Crippen LogP contribution in [0.15, 0.2) is 23.1 Å². The maximum absolute atomic E-state index is 11.6. The summed E-state index contributed by atoms with van der Waals surface area (Å²) < 4.78 is 25.4. The van der Waals surface area contributed by atoms with E-state index in [4.69, 9.17) is 0 Å². The smallest absolute Gasteiger partial charge is 0.293 e. The molecule has 0 radical (unpaired) electrons. The van der Waals surface area contributed by atoms with Crippen LogP contribution in [0.5, 0.6) is 0 Å². The van der Waals surface area contributed by atoms with Gasteiger partial charge in [-0.05, 0) is 31.5 Å². The van der Waals surface area contributed by atoms with Crippen molar-refractivity contribution in [2.75, 3.05) is 18.9 Å². The molecule has 0 aliphatic heterocycles. The molecular formula is C12H17N3O4S. The predicted molar refractivity (Wildman–Crippen MR) is 75.2 cm³/mol. The molecule has 1 saturated carbocycles. The number of sulfonamides is 1. The van der Waals surface area contributed by atoms with Crippen molar-refractivity contribution in [1.82, 2.24) is 4.72 Å². The molecule has 1 aromatic rings. The van der Waals surface area contributed by atoms with E-state index in [1.165, 1.54) is 32.0 Å². The van der Waals surface area contributed by atoms with Crippen LogP contribution < -0.4 is 10.0 Å². The molecule has 0 heterocycles. The van der Waals surface area contributed by atoms with Gasteiger partial charge in [-0.3, -0.25) is 10.1 Å². The third-order valence-electron chi connectivity index (χ3n) is 3.31. The van der Waals surface area contributed by atoms with E-state index < -0.39 is 14.9 Å². The summed E-state index contributed by atoms with van der Waals surface area (Å²) in [4.78, 5) is 10.4. The minimum Gasteiger partial charge on any atom is -0.379 e. The maximum atomic E-state index is 11.6. The molecule has 8 heteroatoms. The largest absolute Gasteiger partial charge is 0.379 e. The van der Waals surface area contributed by atoms with Gasteiger partial charge in [0.05, 0.1) is 9.82 Å². The highest BCUT2D eigenvalue weighted by Gasteiger charge is 2.22. The maximum Gasteiger partial charge on any atom is 0.293 e. The summed E-state index contributed by atoms with van der Waals surface area (Å²) in [6.45, 7) is 0.656. The van der Waals surface area contributed by atoms with Crippen LogP contribution in [0.4, 0.5) is 11.4 Å². The van der Waals surface area contributed by atoms with E-state index in [-0.39, 0.29) is 10.6 Å². The quantitative estimate of drug-likeness (QED) is 0.589. The van der Waals surface area contributed by atoms with Gasteiger partial charge < -0.3 is 5.32 Å². The first-order valence-corrected chi connectivity index (χ1v) is 7.88. The number of nitro groups is 1. The van der Waals surface area contributed by atoms with Crippen molar-refractivity contribution in [2.24, 2.45) is 5.92 Å². The van der Waals surface area contributed by atoms with Crippen LogP contribution >= 0.6 is 0 Å². The van der Waals surface area contributed by atoms with Crippen LogP contribution in [-0.4, -0.2) is 26.9 Å². The third kappa shape index (κ3) is 3.45. The molecule has 1 aliphatic rings. The molecule has 1 aromatic carbocycles. The molecule has 2 N–H and O–H groups in total. The fourth-order valence-electron chi connectivity index (χ4n) is 1.91. The summed E-state index contributed by atoms with van der Waals surface area (Å²) in [6, 6.07) is 3.87. The molecule has 0 spiro atoms. The average Bonchev–Trinajstić information content (AvgIpc) is 3.22. The number of nitro benzene ring substituents is 1. The van der Waals surface area contributed by atoms with Gasteiger partial charge in [-0.15, -0.1) is 0 Å². The summed E-state index contributed by atoms with van der Waals surface area (Å²) in [7, 11) is -2.41. The van der Waals surface area contributed by atoms with Gasteiger partial charge >= 0.3 is 0 Å². The monoisotopic (exact) mass is 299 g/mol. The third-order valence-corrected chi connectivity index (χ3v) is 4.72. The highest BCUT2D eigenvalue weighted by molar-refractivity contribution is 7.89. The lowest BCUT2D eigenvalue weighted by Crippen LogP contribution is -2.18.